The highest BCUT2D eigenvalue weighted by molar-refractivity contribution is 5.76. The molecular weight excluding hydrogens is 224 g/mol. The summed E-state index contributed by atoms with van der Waals surface area (Å²) < 4.78 is 0. The van der Waals surface area contributed by atoms with Crippen molar-refractivity contribution in [2.24, 2.45) is 0 Å². The van der Waals surface area contributed by atoms with E-state index in [0.29, 0.717) is 24.0 Å². The zero-order valence-electron chi connectivity index (χ0n) is 12.0. The van der Waals surface area contributed by atoms with E-state index in [1.54, 1.807) is 0 Å². The minimum atomic E-state index is 0.394. The molecule has 0 aliphatic carbocycles. The molecule has 1 N–H and O–H groups in total. The Morgan fingerprint density at radius 3 is 2.39 bits per heavy atom. The average molecular weight is 252 g/mol. The van der Waals surface area contributed by atoms with Gasteiger partial charge in [-0.15, -0.1) is 0 Å². The zero-order chi connectivity index (χ0) is 13.0. The molecule has 0 spiro atoms. The topological polar surface area (TPSA) is 32.3 Å². The SMILES string of the molecule is CCCCC(=O)N(CCC)C1CC2CCC(C1)N2. The standard InChI is InChI=1S/C15H28N2O/c1-3-5-6-15(18)17(9-4-2)14-10-12-7-8-13(11-14)16-12/h12-14,16H,3-11H2,1-2H3. The molecule has 2 fully saturated rings. The maximum absolute atomic E-state index is 12.3. The first-order valence-electron chi connectivity index (χ1n) is 7.80. The van der Waals surface area contributed by atoms with E-state index in [9.17, 15) is 4.79 Å². The van der Waals surface area contributed by atoms with Crippen LogP contribution in [-0.2, 0) is 4.79 Å². The van der Waals surface area contributed by atoms with E-state index >= 15 is 0 Å². The molecule has 0 radical (unpaired) electrons. The highest BCUT2D eigenvalue weighted by Gasteiger charge is 2.36. The van der Waals surface area contributed by atoms with Crippen molar-refractivity contribution in [1.82, 2.24) is 10.2 Å². The Labute approximate surface area is 111 Å². The van der Waals surface area contributed by atoms with E-state index in [1.165, 1.54) is 25.7 Å². The van der Waals surface area contributed by atoms with Crippen molar-refractivity contribution < 1.29 is 4.79 Å². The Morgan fingerprint density at radius 1 is 1.17 bits per heavy atom. The molecule has 2 aliphatic heterocycles. The maximum Gasteiger partial charge on any atom is 0.222 e. The van der Waals surface area contributed by atoms with Crippen LogP contribution in [-0.4, -0.2) is 35.5 Å². The third kappa shape index (κ3) is 3.25. The molecule has 104 valence electrons. The van der Waals surface area contributed by atoms with Crippen LogP contribution in [0.5, 0.6) is 0 Å². The number of unbranched alkanes of at least 4 members (excludes halogenated alkanes) is 1. The molecule has 2 rings (SSSR count). The Hall–Kier alpha value is -0.570. The van der Waals surface area contributed by atoms with Gasteiger partial charge in [-0.3, -0.25) is 4.79 Å². The Kier molecular flexibility index (Phi) is 5.04. The number of hydrogen-bond donors (Lipinski definition) is 1. The lowest BCUT2D eigenvalue weighted by Gasteiger charge is -2.38. The predicted octanol–water partition coefficient (Wildman–Crippen LogP) is 2.70. The molecule has 3 nitrogen and oxygen atoms in total. The van der Waals surface area contributed by atoms with Gasteiger partial charge in [0, 0.05) is 31.1 Å². The van der Waals surface area contributed by atoms with Crippen molar-refractivity contribution >= 4 is 5.91 Å². The smallest absolute Gasteiger partial charge is 0.222 e. The summed E-state index contributed by atoms with van der Waals surface area (Å²) in [7, 11) is 0. The van der Waals surface area contributed by atoms with Crippen LogP contribution in [0.3, 0.4) is 0 Å². The van der Waals surface area contributed by atoms with Gasteiger partial charge < -0.3 is 10.2 Å². The fourth-order valence-corrected chi connectivity index (χ4v) is 3.51. The van der Waals surface area contributed by atoms with Crippen molar-refractivity contribution in [3.8, 4) is 0 Å². The van der Waals surface area contributed by atoms with Gasteiger partial charge >= 0.3 is 0 Å². The third-order valence-corrected chi connectivity index (χ3v) is 4.42. The molecule has 2 atom stereocenters. The molecule has 2 unspecified atom stereocenters. The summed E-state index contributed by atoms with van der Waals surface area (Å²) in [5, 5.41) is 3.66. The monoisotopic (exact) mass is 252 g/mol. The summed E-state index contributed by atoms with van der Waals surface area (Å²) in [6.45, 7) is 5.28. The minimum Gasteiger partial charge on any atom is -0.340 e. The molecule has 0 aromatic carbocycles. The normalized spacial score (nSPS) is 30.4. The summed E-state index contributed by atoms with van der Waals surface area (Å²) in [6, 6.07) is 1.85. The molecule has 2 bridgehead atoms. The van der Waals surface area contributed by atoms with Gasteiger partial charge in [0.25, 0.3) is 0 Å². The van der Waals surface area contributed by atoms with Crippen LogP contribution in [0.4, 0.5) is 0 Å². The van der Waals surface area contributed by atoms with Crippen molar-refractivity contribution in [1.29, 1.82) is 0 Å². The highest BCUT2D eigenvalue weighted by Crippen LogP contribution is 2.30. The number of nitrogens with zero attached hydrogens (tertiary/aromatic N) is 1. The summed E-state index contributed by atoms with van der Waals surface area (Å²) in [5.74, 6) is 0.394. The second-order valence-electron chi connectivity index (χ2n) is 5.95. The van der Waals surface area contributed by atoms with Gasteiger partial charge in [0.05, 0.1) is 0 Å². The van der Waals surface area contributed by atoms with E-state index in [2.05, 4.69) is 24.1 Å². The molecule has 2 saturated heterocycles. The molecule has 2 heterocycles. The summed E-state index contributed by atoms with van der Waals surface area (Å²) in [5.41, 5.74) is 0. The Balaban J connectivity index is 1.94. The minimum absolute atomic E-state index is 0.394. The largest absolute Gasteiger partial charge is 0.340 e. The number of carbonyl (C=O) groups excluding carboxylic acids is 1. The van der Waals surface area contributed by atoms with Gasteiger partial charge in [-0.05, 0) is 38.5 Å². The number of nitrogens with one attached hydrogen (secondary N) is 1. The summed E-state index contributed by atoms with van der Waals surface area (Å²) in [6.07, 6.45) is 8.95. The van der Waals surface area contributed by atoms with E-state index < -0.39 is 0 Å². The summed E-state index contributed by atoms with van der Waals surface area (Å²) >= 11 is 0. The lowest BCUT2D eigenvalue weighted by molar-refractivity contribution is -0.134. The Morgan fingerprint density at radius 2 is 1.83 bits per heavy atom. The number of carbonyl (C=O) groups is 1. The lowest BCUT2D eigenvalue weighted by atomic mass is 9.97. The first-order valence-corrected chi connectivity index (χ1v) is 7.80. The molecular formula is C15H28N2O. The number of piperidine rings is 1. The van der Waals surface area contributed by atoms with Crippen molar-refractivity contribution in [2.75, 3.05) is 6.54 Å². The van der Waals surface area contributed by atoms with E-state index in [-0.39, 0.29) is 0 Å². The number of hydrogen-bond acceptors (Lipinski definition) is 2. The molecule has 3 heteroatoms. The van der Waals surface area contributed by atoms with Crippen LogP contribution < -0.4 is 5.32 Å². The van der Waals surface area contributed by atoms with Gasteiger partial charge in [0.2, 0.25) is 5.91 Å². The average Bonchev–Trinajstić information content (AvgIpc) is 2.72. The predicted molar refractivity (Wildman–Crippen MR) is 74.5 cm³/mol. The summed E-state index contributed by atoms with van der Waals surface area (Å²) in [4.78, 5) is 14.5. The molecule has 1 amide bonds. The van der Waals surface area contributed by atoms with Gasteiger partial charge in [-0.2, -0.15) is 0 Å². The molecule has 0 saturated carbocycles. The van der Waals surface area contributed by atoms with E-state index in [0.717, 1.165) is 32.2 Å². The molecule has 18 heavy (non-hydrogen) atoms. The third-order valence-electron chi connectivity index (χ3n) is 4.42. The van der Waals surface area contributed by atoms with Crippen LogP contribution >= 0.6 is 0 Å². The van der Waals surface area contributed by atoms with Gasteiger partial charge in [-0.25, -0.2) is 0 Å². The van der Waals surface area contributed by atoms with Crippen molar-refractivity contribution in [3.63, 3.8) is 0 Å². The van der Waals surface area contributed by atoms with Crippen LogP contribution in [0, 0.1) is 0 Å². The number of rotatable bonds is 6. The van der Waals surface area contributed by atoms with Crippen LogP contribution in [0.2, 0.25) is 0 Å². The van der Waals surface area contributed by atoms with Gasteiger partial charge in [0.1, 0.15) is 0 Å². The first kappa shape index (κ1) is 13.9. The fourth-order valence-electron chi connectivity index (χ4n) is 3.51. The fraction of sp³-hybridized carbons (Fsp3) is 0.933. The first-order chi connectivity index (χ1) is 8.74. The number of amides is 1. The molecule has 2 aliphatic rings. The highest BCUT2D eigenvalue weighted by atomic mass is 16.2. The number of fused-ring (bicyclic) bond motifs is 2. The molecule has 0 aromatic rings. The maximum atomic E-state index is 12.3. The van der Waals surface area contributed by atoms with Crippen molar-refractivity contribution in [3.05, 3.63) is 0 Å². The second-order valence-corrected chi connectivity index (χ2v) is 5.95. The lowest BCUT2D eigenvalue weighted by Crippen LogP contribution is -2.50. The Bertz CT molecular complexity index is 268. The molecule has 0 aromatic heterocycles. The van der Waals surface area contributed by atoms with Gasteiger partial charge in [-0.1, -0.05) is 20.3 Å². The zero-order valence-corrected chi connectivity index (χ0v) is 12.0. The quantitative estimate of drug-likeness (QED) is 0.788. The van der Waals surface area contributed by atoms with Gasteiger partial charge in [0.15, 0.2) is 0 Å². The van der Waals surface area contributed by atoms with Crippen LogP contribution in [0.25, 0.3) is 0 Å². The van der Waals surface area contributed by atoms with Crippen LogP contribution in [0.15, 0.2) is 0 Å². The van der Waals surface area contributed by atoms with E-state index in [1.807, 2.05) is 0 Å². The van der Waals surface area contributed by atoms with Crippen LogP contribution in [0.1, 0.15) is 65.2 Å². The second kappa shape index (κ2) is 6.55. The van der Waals surface area contributed by atoms with Crippen molar-refractivity contribution in [2.45, 2.75) is 83.3 Å². The van der Waals surface area contributed by atoms with E-state index in [4.69, 9.17) is 0 Å².